The lowest BCUT2D eigenvalue weighted by atomic mass is 9.90. The number of nitrogens with zero attached hydrogens (tertiary/aromatic N) is 1. The number of fused-ring (bicyclic) bond motifs is 1. The van der Waals surface area contributed by atoms with Crippen LogP contribution in [-0.4, -0.2) is 41.8 Å². The molecule has 0 aromatic heterocycles. The van der Waals surface area contributed by atoms with E-state index < -0.39 is 6.04 Å². The van der Waals surface area contributed by atoms with Gasteiger partial charge >= 0.3 is 0 Å². The zero-order valence-electron chi connectivity index (χ0n) is 18.0. The maximum atomic E-state index is 13.0. The fraction of sp³-hybridized carbons (Fsp3) is 0.400. The highest BCUT2D eigenvalue weighted by Crippen LogP contribution is 2.29. The summed E-state index contributed by atoms with van der Waals surface area (Å²) in [4.78, 5) is 38.2. The lowest BCUT2D eigenvalue weighted by molar-refractivity contribution is -0.136. The van der Waals surface area contributed by atoms with Gasteiger partial charge in [0.05, 0.1) is 0 Å². The number of hydrogen-bond acceptors (Lipinski definition) is 5. The van der Waals surface area contributed by atoms with Gasteiger partial charge in [0.1, 0.15) is 6.04 Å². The monoisotopic (exact) mass is 432 g/mol. The Balaban J connectivity index is 1.25. The lowest BCUT2D eigenvalue weighted by Gasteiger charge is -2.29. The summed E-state index contributed by atoms with van der Waals surface area (Å²) >= 11 is 0. The van der Waals surface area contributed by atoms with Crippen LogP contribution in [0.4, 0.5) is 5.69 Å². The van der Waals surface area contributed by atoms with E-state index in [2.05, 4.69) is 40.2 Å². The van der Waals surface area contributed by atoms with Crippen LogP contribution in [-0.2, 0) is 22.7 Å². The summed E-state index contributed by atoms with van der Waals surface area (Å²) in [5.41, 5.74) is 5.06. The van der Waals surface area contributed by atoms with E-state index in [0.29, 0.717) is 31.0 Å². The number of carbonyl (C=O) groups is 3. The van der Waals surface area contributed by atoms with Crippen molar-refractivity contribution in [2.24, 2.45) is 0 Å². The fourth-order valence-corrected chi connectivity index (χ4v) is 4.97. The van der Waals surface area contributed by atoms with Gasteiger partial charge in [-0.2, -0.15) is 0 Å². The lowest BCUT2D eigenvalue weighted by Crippen LogP contribution is -2.52. The quantitative estimate of drug-likeness (QED) is 0.632. The highest BCUT2D eigenvalue weighted by atomic mass is 16.2. The molecule has 0 spiro atoms. The molecule has 2 aromatic carbocycles. The topological polar surface area (TPSA) is 90.5 Å². The van der Waals surface area contributed by atoms with Crippen molar-refractivity contribution in [3.8, 4) is 0 Å². The number of benzene rings is 2. The van der Waals surface area contributed by atoms with Gasteiger partial charge in [-0.15, -0.1) is 0 Å². The van der Waals surface area contributed by atoms with E-state index in [0.717, 1.165) is 29.9 Å². The van der Waals surface area contributed by atoms with Gasteiger partial charge in [0.15, 0.2) is 0 Å². The average Bonchev–Trinajstić information content (AvgIpc) is 3.14. The SMILES string of the molecule is O=C1CCC(N2Cc3ccc(CNc4cccc(C5CCNCC5)c4)cc3C2=O)C(=O)N1. The molecule has 3 N–H and O–H groups in total. The predicted octanol–water partition coefficient (Wildman–Crippen LogP) is 2.53. The zero-order chi connectivity index (χ0) is 22.1. The first-order valence-electron chi connectivity index (χ1n) is 11.4. The first kappa shape index (κ1) is 20.7. The third-order valence-electron chi connectivity index (χ3n) is 6.79. The molecule has 3 heterocycles. The molecule has 5 rings (SSSR count). The van der Waals surface area contributed by atoms with Crippen LogP contribution in [0.2, 0.25) is 0 Å². The number of carbonyl (C=O) groups excluding carboxylic acids is 3. The molecule has 3 aliphatic heterocycles. The van der Waals surface area contributed by atoms with E-state index in [-0.39, 0.29) is 24.1 Å². The van der Waals surface area contributed by atoms with Crippen LogP contribution in [0.15, 0.2) is 42.5 Å². The first-order valence-corrected chi connectivity index (χ1v) is 11.4. The number of nitrogens with one attached hydrogen (secondary N) is 3. The Morgan fingerprint density at radius 3 is 2.66 bits per heavy atom. The van der Waals surface area contributed by atoms with Crippen molar-refractivity contribution in [1.82, 2.24) is 15.5 Å². The maximum absolute atomic E-state index is 13.0. The van der Waals surface area contributed by atoms with E-state index in [4.69, 9.17) is 0 Å². The highest BCUT2D eigenvalue weighted by Gasteiger charge is 2.39. The third-order valence-corrected chi connectivity index (χ3v) is 6.79. The smallest absolute Gasteiger partial charge is 0.255 e. The van der Waals surface area contributed by atoms with Gasteiger partial charge in [-0.05, 0) is 73.2 Å². The molecule has 3 aliphatic rings. The minimum atomic E-state index is -0.577. The summed E-state index contributed by atoms with van der Waals surface area (Å²) in [5.74, 6) is -0.177. The van der Waals surface area contributed by atoms with E-state index in [1.807, 2.05) is 18.2 Å². The molecule has 3 amide bonds. The predicted molar refractivity (Wildman–Crippen MR) is 121 cm³/mol. The minimum absolute atomic E-state index is 0.135. The molecule has 166 valence electrons. The Bertz CT molecular complexity index is 1060. The number of piperidine rings is 2. The second-order valence-electron chi connectivity index (χ2n) is 8.89. The number of imide groups is 1. The molecular weight excluding hydrogens is 404 g/mol. The van der Waals surface area contributed by atoms with Gasteiger partial charge in [-0.25, -0.2) is 0 Å². The summed E-state index contributed by atoms with van der Waals surface area (Å²) in [5, 5.41) is 9.25. The molecule has 1 unspecified atom stereocenters. The van der Waals surface area contributed by atoms with Gasteiger partial charge in [0.2, 0.25) is 11.8 Å². The Hall–Kier alpha value is -3.19. The van der Waals surface area contributed by atoms with Crippen molar-refractivity contribution in [2.45, 2.75) is 50.7 Å². The minimum Gasteiger partial charge on any atom is -0.381 e. The Labute approximate surface area is 187 Å². The molecule has 2 aromatic rings. The summed E-state index contributed by atoms with van der Waals surface area (Å²) in [6.07, 6.45) is 2.98. The molecule has 0 saturated carbocycles. The Morgan fingerprint density at radius 1 is 1.00 bits per heavy atom. The first-order chi connectivity index (χ1) is 15.6. The van der Waals surface area contributed by atoms with Gasteiger partial charge in [-0.3, -0.25) is 19.7 Å². The van der Waals surface area contributed by atoms with E-state index in [1.165, 1.54) is 18.4 Å². The molecular formula is C25H28N4O3. The van der Waals surface area contributed by atoms with Crippen LogP contribution in [0.5, 0.6) is 0 Å². The molecule has 2 saturated heterocycles. The van der Waals surface area contributed by atoms with Gasteiger partial charge in [0, 0.05) is 30.8 Å². The van der Waals surface area contributed by atoms with Gasteiger partial charge in [0.25, 0.3) is 5.91 Å². The van der Waals surface area contributed by atoms with Crippen LogP contribution < -0.4 is 16.0 Å². The van der Waals surface area contributed by atoms with Crippen molar-refractivity contribution in [3.05, 3.63) is 64.7 Å². The van der Waals surface area contributed by atoms with Crippen LogP contribution in [0.3, 0.4) is 0 Å². The number of amides is 3. The molecule has 2 fully saturated rings. The Kier molecular flexibility index (Phi) is 5.66. The van der Waals surface area contributed by atoms with Crippen LogP contribution in [0.1, 0.15) is 58.6 Å². The van der Waals surface area contributed by atoms with Crippen LogP contribution in [0, 0.1) is 0 Å². The van der Waals surface area contributed by atoms with Crippen molar-refractivity contribution in [2.75, 3.05) is 18.4 Å². The van der Waals surface area contributed by atoms with Crippen molar-refractivity contribution < 1.29 is 14.4 Å². The van der Waals surface area contributed by atoms with Crippen LogP contribution >= 0.6 is 0 Å². The van der Waals surface area contributed by atoms with Crippen LogP contribution in [0.25, 0.3) is 0 Å². The third kappa shape index (κ3) is 4.12. The van der Waals surface area contributed by atoms with Crippen molar-refractivity contribution in [1.29, 1.82) is 0 Å². The average molecular weight is 433 g/mol. The molecule has 7 nitrogen and oxygen atoms in total. The Morgan fingerprint density at radius 2 is 1.84 bits per heavy atom. The second-order valence-corrected chi connectivity index (χ2v) is 8.89. The normalized spacial score (nSPS) is 21.4. The second kappa shape index (κ2) is 8.74. The summed E-state index contributed by atoms with van der Waals surface area (Å²) < 4.78 is 0. The maximum Gasteiger partial charge on any atom is 0.255 e. The van der Waals surface area contributed by atoms with E-state index >= 15 is 0 Å². The molecule has 0 radical (unpaired) electrons. The number of anilines is 1. The molecule has 7 heteroatoms. The van der Waals surface area contributed by atoms with Crippen molar-refractivity contribution >= 4 is 23.4 Å². The molecule has 32 heavy (non-hydrogen) atoms. The number of hydrogen-bond donors (Lipinski definition) is 3. The fourth-order valence-electron chi connectivity index (χ4n) is 4.97. The van der Waals surface area contributed by atoms with Gasteiger partial charge in [-0.1, -0.05) is 24.3 Å². The zero-order valence-corrected chi connectivity index (χ0v) is 18.0. The van der Waals surface area contributed by atoms with Crippen molar-refractivity contribution in [3.63, 3.8) is 0 Å². The summed E-state index contributed by atoms with van der Waals surface area (Å²) in [6.45, 7) is 3.17. The molecule has 0 bridgehead atoms. The standard InChI is InChI=1S/C25H28N4O3/c30-23-7-6-22(24(31)28-23)29-15-19-5-4-16(12-21(19)25(29)32)14-27-20-3-1-2-18(13-20)17-8-10-26-11-9-17/h1-5,12-13,17,22,26-27H,6-11,14-15H2,(H,28,30,31). The van der Waals surface area contributed by atoms with Gasteiger partial charge < -0.3 is 15.5 Å². The number of rotatable bonds is 5. The highest BCUT2D eigenvalue weighted by molar-refractivity contribution is 6.05. The van der Waals surface area contributed by atoms with E-state index in [1.54, 1.807) is 4.90 Å². The summed E-state index contributed by atoms with van der Waals surface area (Å²) in [6, 6.07) is 14.0. The largest absolute Gasteiger partial charge is 0.381 e. The van der Waals surface area contributed by atoms with E-state index in [9.17, 15) is 14.4 Å². The molecule has 1 atom stereocenters. The summed E-state index contributed by atoms with van der Waals surface area (Å²) in [7, 11) is 0. The molecule has 0 aliphatic carbocycles.